The number of hydrogen-bond acceptors (Lipinski definition) is 4. The number of alkyl halides is 3. The summed E-state index contributed by atoms with van der Waals surface area (Å²) in [5.74, 6) is -2.15. The van der Waals surface area contributed by atoms with Gasteiger partial charge in [-0.05, 0) is 30.9 Å². The molecule has 132 valence electrons. The van der Waals surface area contributed by atoms with E-state index < -0.39 is 23.9 Å². The SMILES string of the molecule is O=C(Nc1cc(C(F)(F)F)on1)N1[C@H]2CC[C@@H]1c1ccnc(F)c1C2. The second-order valence-corrected chi connectivity index (χ2v) is 6.03. The number of nitrogens with one attached hydrogen (secondary N) is 1. The van der Waals surface area contributed by atoms with Gasteiger partial charge in [0.1, 0.15) is 0 Å². The average Bonchev–Trinajstić information content (AvgIpc) is 3.12. The number of amides is 2. The Bertz CT molecular complexity index is 835. The van der Waals surface area contributed by atoms with Crippen LogP contribution in [0.3, 0.4) is 0 Å². The third-order valence-electron chi connectivity index (χ3n) is 4.60. The van der Waals surface area contributed by atoms with Crippen LogP contribution in [0.25, 0.3) is 0 Å². The highest BCUT2D eigenvalue weighted by atomic mass is 19.4. The Morgan fingerprint density at radius 2 is 2.16 bits per heavy atom. The zero-order chi connectivity index (χ0) is 17.8. The fourth-order valence-electron chi connectivity index (χ4n) is 3.57. The summed E-state index contributed by atoms with van der Waals surface area (Å²) in [7, 11) is 0. The predicted molar refractivity (Wildman–Crippen MR) is 76.0 cm³/mol. The van der Waals surface area contributed by atoms with Crippen LogP contribution in [-0.2, 0) is 12.6 Å². The fourth-order valence-corrected chi connectivity index (χ4v) is 3.57. The lowest BCUT2D eigenvalue weighted by molar-refractivity contribution is -0.155. The van der Waals surface area contributed by atoms with E-state index in [1.165, 1.54) is 11.1 Å². The molecule has 0 saturated carbocycles. The van der Waals surface area contributed by atoms with Crippen molar-refractivity contribution in [2.75, 3.05) is 5.32 Å². The number of halogens is 4. The molecule has 1 saturated heterocycles. The maximum absolute atomic E-state index is 13.9. The van der Waals surface area contributed by atoms with E-state index in [2.05, 4.69) is 20.0 Å². The van der Waals surface area contributed by atoms with Gasteiger partial charge in [-0.1, -0.05) is 5.16 Å². The van der Waals surface area contributed by atoms with Gasteiger partial charge in [0.15, 0.2) is 5.82 Å². The third-order valence-corrected chi connectivity index (χ3v) is 4.60. The fraction of sp³-hybridized carbons (Fsp3) is 0.400. The first-order valence-corrected chi connectivity index (χ1v) is 7.61. The molecule has 25 heavy (non-hydrogen) atoms. The van der Waals surface area contributed by atoms with E-state index in [-0.39, 0.29) is 17.9 Å². The minimum absolute atomic E-state index is 0.231. The lowest BCUT2D eigenvalue weighted by Crippen LogP contribution is -2.44. The number of rotatable bonds is 1. The van der Waals surface area contributed by atoms with Gasteiger partial charge in [0.2, 0.25) is 11.7 Å². The van der Waals surface area contributed by atoms with E-state index in [0.717, 1.165) is 0 Å². The number of carbonyl (C=O) groups excluding carboxylic acids is 1. The predicted octanol–water partition coefficient (Wildman–Crippen LogP) is 3.52. The highest BCUT2D eigenvalue weighted by molar-refractivity contribution is 5.89. The van der Waals surface area contributed by atoms with Crippen LogP contribution in [0, 0.1) is 5.95 Å². The average molecular weight is 356 g/mol. The summed E-state index contributed by atoms with van der Waals surface area (Å²) in [6.45, 7) is 0. The van der Waals surface area contributed by atoms with Gasteiger partial charge in [0.05, 0.1) is 6.04 Å². The topological polar surface area (TPSA) is 71.3 Å². The van der Waals surface area contributed by atoms with Crippen LogP contribution < -0.4 is 5.32 Å². The molecular formula is C15H12F4N4O2. The Balaban J connectivity index is 1.56. The van der Waals surface area contributed by atoms with Crippen LogP contribution >= 0.6 is 0 Å². The van der Waals surface area contributed by atoms with E-state index in [4.69, 9.17) is 0 Å². The molecule has 2 aromatic heterocycles. The smallest absolute Gasteiger partial charge is 0.349 e. The molecule has 2 amide bonds. The van der Waals surface area contributed by atoms with Gasteiger partial charge in [-0.2, -0.15) is 17.6 Å². The van der Waals surface area contributed by atoms with E-state index in [1.807, 2.05) is 0 Å². The highest BCUT2D eigenvalue weighted by Crippen LogP contribution is 2.44. The first kappa shape index (κ1) is 15.9. The lowest BCUT2D eigenvalue weighted by atomic mass is 9.95. The Morgan fingerprint density at radius 3 is 2.88 bits per heavy atom. The van der Waals surface area contributed by atoms with Crippen molar-refractivity contribution in [3.63, 3.8) is 0 Å². The summed E-state index contributed by atoms with van der Waals surface area (Å²) in [6.07, 6.45) is -1.68. The summed E-state index contributed by atoms with van der Waals surface area (Å²) in [5.41, 5.74) is 1.19. The van der Waals surface area contributed by atoms with Gasteiger partial charge >= 0.3 is 12.2 Å². The molecule has 1 fully saturated rings. The quantitative estimate of drug-likeness (QED) is 0.627. The summed E-state index contributed by atoms with van der Waals surface area (Å²) in [5, 5.41) is 5.55. The molecule has 0 aliphatic carbocycles. The normalized spacial score (nSPS) is 22.0. The van der Waals surface area contributed by atoms with Crippen LogP contribution in [0.2, 0.25) is 0 Å². The van der Waals surface area contributed by atoms with Crippen molar-refractivity contribution in [3.8, 4) is 0 Å². The standard InChI is InChI=1S/C15H12F4N4O2/c16-13-9-5-7-1-2-10(8(9)3-4-20-13)23(7)14(24)21-12-6-11(25-22-12)15(17,18)19/h3-4,6-7,10H,1-2,5H2,(H,21,22,24)/t7-,10+/m0/s1. The van der Waals surface area contributed by atoms with Gasteiger partial charge in [0, 0.05) is 23.9 Å². The van der Waals surface area contributed by atoms with E-state index >= 15 is 0 Å². The number of carbonyl (C=O) groups is 1. The molecule has 4 heterocycles. The number of nitrogens with zero attached hydrogens (tertiary/aromatic N) is 3. The molecule has 0 radical (unpaired) electrons. The number of urea groups is 1. The monoisotopic (exact) mass is 356 g/mol. The van der Waals surface area contributed by atoms with Crippen LogP contribution in [0.4, 0.5) is 28.2 Å². The number of aromatic nitrogens is 2. The Labute approximate surface area is 138 Å². The minimum atomic E-state index is -4.68. The lowest BCUT2D eigenvalue weighted by Gasteiger charge is -2.35. The molecule has 6 nitrogen and oxygen atoms in total. The first-order valence-electron chi connectivity index (χ1n) is 7.61. The Kier molecular flexibility index (Phi) is 3.44. The van der Waals surface area contributed by atoms with Crippen molar-refractivity contribution < 1.29 is 26.9 Å². The number of pyridine rings is 1. The number of fused-ring (bicyclic) bond motifs is 4. The molecule has 4 rings (SSSR count). The van der Waals surface area contributed by atoms with Crippen LogP contribution in [0.15, 0.2) is 22.9 Å². The minimum Gasteiger partial charge on any atom is -0.349 e. The molecule has 2 atom stereocenters. The van der Waals surface area contributed by atoms with Crippen molar-refractivity contribution >= 4 is 11.8 Å². The molecule has 0 spiro atoms. The van der Waals surface area contributed by atoms with Crippen molar-refractivity contribution in [1.82, 2.24) is 15.0 Å². The number of anilines is 1. The molecule has 0 unspecified atom stereocenters. The van der Waals surface area contributed by atoms with Crippen molar-refractivity contribution in [2.45, 2.75) is 37.5 Å². The molecular weight excluding hydrogens is 344 g/mol. The van der Waals surface area contributed by atoms with Gasteiger partial charge in [-0.3, -0.25) is 5.32 Å². The summed E-state index contributed by atoms with van der Waals surface area (Å²) < 4.78 is 55.7. The highest BCUT2D eigenvalue weighted by Gasteiger charge is 2.44. The summed E-state index contributed by atoms with van der Waals surface area (Å²) in [4.78, 5) is 17.7. The van der Waals surface area contributed by atoms with Gasteiger partial charge in [0.25, 0.3) is 0 Å². The maximum atomic E-state index is 13.9. The van der Waals surface area contributed by atoms with Crippen molar-refractivity contribution in [3.05, 3.63) is 41.2 Å². The molecule has 10 heteroatoms. The zero-order valence-corrected chi connectivity index (χ0v) is 12.7. The van der Waals surface area contributed by atoms with Crippen molar-refractivity contribution in [1.29, 1.82) is 0 Å². The van der Waals surface area contributed by atoms with E-state index in [9.17, 15) is 22.4 Å². The third kappa shape index (κ3) is 2.61. The summed E-state index contributed by atoms with van der Waals surface area (Å²) >= 11 is 0. The summed E-state index contributed by atoms with van der Waals surface area (Å²) in [6, 6.07) is 1.15. The second kappa shape index (κ2) is 5.43. The Morgan fingerprint density at radius 1 is 1.36 bits per heavy atom. The molecule has 2 aromatic rings. The van der Waals surface area contributed by atoms with E-state index in [0.29, 0.717) is 36.5 Å². The first-order chi connectivity index (χ1) is 11.8. The largest absolute Gasteiger partial charge is 0.452 e. The zero-order valence-electron chi connectivity index (χ0n) is 12.7. The second-order valence-electron chi connectivity index (χ2n) is 6.03. The molecule has 2 bridgehead atoms. The van der Waals surface area contributed by atoms with Crippen molar-refractivity contribution in [2.24, 2.45) is 0 Å². The van der Waals surface area contributed by atoms with Crippen LogP contribution in [0.5, 0.6) is 0 Å². The molecule has 0 aromatic carbocycles. The van der Waals surface area contributed by atoms with Gasteiger partial charge in [-0.15, -0.1) is 0 Å². The van der Waals surface area contributed by atoms with Gasteiger partial charge in [-0.25, -0.2) is 9.78 Å². The Hall–Kier alpha value is -2.65. The van der Waals surface area contributed by atoms with Crippen LogP contribution in [0.1, 0.15) is 35.8 Å². The van der Waals surface area contributed by atoms with Gasteiger partial charge < -0.3 is 9.42 Å². The van der Waals surface area contributed by atoms with Crippen LogP contribution in [-0.4, -0.2) is 27.1 Å². The molecule has 1 N–H and O–H groups in total. The number of hydrogen-bond donors (Lipinski definition) is 1. The molecule has 2 aliphatic rings. The van der Waals surface area contributed by atoms with E-state index in [1.54, 1.807) is 6.07 Å². The maximum Gasteiger partial charge on any atom is 0.452 e. The molecule has 2 aliphatic heterocycles.